The van der Waals surface area contributed by atoms with E-state index >= 15 is 0 Å². The predicted molar refractivity (Wildman–Crippen MR) is 66.7 cm³/mol. The molecule has 1 unspecified atom stereocenters. The molecule has 2 N–H and O–H groups in total. The average molecular weight is 236 g/mol. The maximum Gasteiger partial charge on any atom is 0.276 e. The highest BCUT2D eigenvalue weighted by Gasteiger charge is 2.08. The number of hydrogen-bond acceptors (Lipinski definition) is 4. The molecule has 92 valence electrons. The summed E-state index contributed by atoms with van der Waals surface area (Å²) in [4.78, 5) is 10.3. The van der Waals surface area contributed by atoms with Gasteiger partial charge in [-0.1, -0.05) is 24.3 Å². The number of aliphatic hydroxyl groups is 1. The standard InChI is InChI=1S/C12H16N2O3/c1-10(15)9-13-8-4-6-11-5-2-3-7-12(11)14(16)17/h2-7,10,13,15H,8-9H2,1H3/b6-4+. The van der Waals surface area contributed by atoms with Crippen LogP contribution in [0.2, 0.25) is 0 Å². The average Bonchev–Trinajstić information content (AvgIpc) is 2.28. The summed E-state index contributed by atoms with van der Waals surface area (Å²) < 4.78 is 0. The maximum atomic E-state index is 10.7. The van der Waals surface area contributed by atoms with Gasteiger partial charge in [-0.2, -0.15) is 0 Å². The van der Waals surface area contributed by atoms with Crippen molar-refractivity contribution in [1.82, 2.24) is 5.32 Å². The summed E-state index contributed by atoms with van der Waals surface area (Å²) >= 11 is 0. The number of benzene rings is 1. The molecule has 0 saturated heterocycles. The van der Waals surface area contributed by atoms with Gasteiger partial charge < -0.3 is 10.4 Å². The van der Waals surface area contributed by atoms with Crippen molar-refractivity contribution in [3.05, 3.63) is 46.0 Å². The van der Waals surface area contributed by atoms with Crippen LogP contribution in [0.3, 0.4) is 0 Å². The molecule has 1 atom stereocenters. The van der Waals surface area contributed by atoms with Crippen molar-refractivity contribution < 1.29 is 10.0 Å². The summed E-state index contributed by atoms with van der Waals surface area (Å²) in [7, 11) is 0. The molecule has 0 amide bonds. The largest absolute Gasteiger partial charge is 0.392 e. The lowest BCUT2D eigenvalue weighted by Crippen LogP contribution is -2.24. The van der Waals surface area contributed by atoms with Crippen LogP contribution in [-0.2, 0) is 0 Å². The second kappa shape index (κ2) is 6.78. The highest BCUT2D eigenvalue weighted by atomic mass is 16.6. The molecule has 1 aromatic carbocycles. The first-order valence-corrected chi connectivity index (χ1v) is 5.40. The van der Waals surface area contributed by atoms with Crippen LogP contribution in [0.1, 0.15) is 12.5 Å². The highest BCUT2D eigenvalue weighted by Crippen LogP contribution is 2.18. The smallest absolute Gasteiger partial charge is 0.276 e. The Labute approximate surface area is 99.9 Å². The zero-order valence-corrected chi connectivity index (χ0v) is 9.67. The third-order valence-electron chi connectivity index (χ3n) is 2.13. The SMILES string of the molecule is CC(O)CNC/C=C/c1ccccc1[N+](=O)[O-]. The number of hydrogen-bond donors (Lipinski definition) is 2. The van der Waals surface area contributed by atoms with Gasteiger partial charge in [-0.15, -0.1) is 0 Å². The summed E-state index contributed by atoms with van der Waals surface area (Å²) in [6.07, 6.45) is 3.10. The summed E-state index contributed by atoms with van der Waals surface area (Å²) in [6, 6.07) is 6.57. The van der Waals surface area contributed by atoms with E-state index in [1.165, 1.54) is 6.07 Å². The number of nitro groups is 1. The van der Waals surface area contributed by atoms with E-state index in [0.29, 0.717) is 18.7 Å². The van der Waals surface area contributed by atoms with Crippen molar-refractivity contribution in [3.63, 3.8) is 0 Å². The molecule has 0 saturated carbocycles. The van der Waals surface area contributed by atoms with Crippen molar-refractivity contribution in [1.29, 1.82) is 0 Å². The molecule has 0 heterocycles. The monoisotopic (exact) mass is 236 g/mol. The first kappa shape index (κ1) is 13.3. The Morgan fingerprint density at radius 2 is 2.24 bits per heavy atom. The van der Waals surface area contributed by atoms with Crippen LogP contribution in [0.5, 0.6) is 0 Å². The van der Waals surface area contributed by atoms with Crippen LogP contribution < -0.4 is 5.32 Å². The molecule has 1 aromatic rings. The highest BCUT2D eigenvalue weighted by molar-refractivity contribution is 5.60. The van der Waals surface area contributed by atoms with Crippen LogP contribution in [0.15, 0.2) is 30.3 Å². The molecule has 0 fully saturated rings. The van der Waals surface area contributed by atoms with Crippen LogP contribution in [-0.4, -0.2) is 29.2 Å². The summed E-state index contributed by atoms with van der Waals surface area (Å²) in [5.74, 6) is 0. The molecule has 5 nitrogen and oxygen atoms in total. The van der Waals surface area contributed by atoms with Gasteiger partial charge in [0, 0.05) is 19.2 Å². The molecule has 1 rings (SSSR count). The fourth-order valence-corrected chi connectivity index (χ4v) is 1.36. The minimum Gasteiger partial charge on any atom is -0.392 e. The predicted octanol–water partition coefficient (Wildman–Crippen LogP) is 1.58. The Balaban J connectivity index is 2.56. The zero-order chi connectivity index (χ0) is 12.7. The van der Waals surface area contributed by atoms with Crippen molar-refractivity contribution >= 4 is 11.8 Å². The van der Waals surface area contributed by atoms with E-state index in [1.807, 2.05) is 0 Å². The minimum atomic E-state index is -0.400. The van der Waals surface area contributed by atoms with E-state index in [-0.39, 0.29) is 5.69 Å². The van der Waals surface area contributed by atoms with Gasteiger partial charge in [0.05, 0.1) is 16.6 Å². The van der Waals surface area contributed by atoms with Crippen molar-refractivity contribution in [2.24, 2.45) is 0 Å². The molecule has 0 aliphatic carbocycles. The zero-order valence-electron chi connectivity index (χ0n) is 9.67. The molecule has 0 aromatic heterocycles. The van der Waals surface area contributed by atoms with E-state index in [1.54, 1.807) is 37.3 Å². The van der Waals surface area contributed by atoms with Crippen LogP contribution >= 0.6 is 0 Å². The molecule has 17 heavy (non-hydrogen) atoms. The van der Waals surface area contributed by atoms with E-state index in [4.69, 9.17) is 5.11 Å². The first-order valence-electron chi connectivity index (χ1n) is 5.40. The number of rotatable bonds is 6. The van der Waals surface area contributed by atoms with Crippen LogP contribution in [0.4, 0.5) is 5.69 Å². The summed E-state index contributed by atoms with van der Waals surface area (Å²) in [5, 5.41) is 22.7. The molecular weight excluding hydrogens is 220 g/mol. The molecule has 0 aliphatic rings. The van der Waals surface area contributed by atoms with Gasteiger partial charge in [0.2, 0.25) is 0 Å². The molecule has 0 aliphatic heterocycles. The number of aliphatic hydroxyl groups excluding tert-OH is 1. The lowest BCUT2D eigenvalue weighted by atomic mass is 10.1. The van der Waals surface area contributed by atoms with E-state index in [0.717, 1.165) is 0 Å². The number of para-hydroxylation sites is 1. The van der Waals surface area contributed by atoms with Gasteiger partial charge in [-0.25, -0.2) is 0 Å². The molecule has 0 spiro atoms. The Morgan fingerprint density at radius 1 is 1.53 bits per heavy atom. The van der Waals surface area contributed by atoms with E-state index in [9.17, 15) is 10.1 Å². The molecule has 0 radical (unpaired) electrons. The van der Waals surface area contributed by atoms with Gasteiger partial charge in [-0.05, 0) is 13.0 Å². The Kier molecular flexibility index (Phi) is 5.32. The molecule has 5 heteroatoms. The third kappa shape index (κ3) is 4.76. The van der Waals surface area contributed by atoms with E-state index < -0.39 is 11.0 Å². The fraction of sp³-hybridized carbons (Fsp3) is 0.333. The van der Waals surface area contributed by atoms with Crippen molar-refractivity contribution in [2.75, 3.05) is 13.1 Å². The summed E-state index contributed by atoms with van der Waals surface area (Å²) in [5.41, 5.74) is 0.677. The van der Waals surface area contributed by atoms with Crippen molar-refractivity contribution in [2.45, 2.75) is 13.0 Å². The van der Waals surface area contributed by atoms with Gasteiger partial charge in [0.25, 0.3) is 5.69 Å². The van der Waals surface area contributed by atoms with Gasteiger partial charge in [0.15, 0.2) is 0 Å². The summed E-state index contributed by atoms with van der Waals surface area (Å²) in [6.45, 7) is 2.76. The maximum absolute atomic E-state index is 10.7. The van der Waals surface area contributed by atoms with Crippen LogP contribution in [0, 0.1) is 10.1 Å². The lowest BCUT2D eigenvalue weighted by Gasteiger charge is -2.03. The Bertz CT molecular complexity index is 402. The quantitative estimate of drug-likeness (QED) is 0.446. The third-order valence-corrected chi connectivity index (χ3v) is 2.13. The Hall–Kier alpha value is -1.72. The second-order valence-electron chi connectivity index (χ2n) is 3.73. The van der Waals surface area contributed by atoms with Crippen molar-refractivity contribution in [3.8, 4) is 0 Å². The number of nitrogens with zero attached hydrogens (tertiary/aromatic N) is 1. The number of nitrogens with one attached hydrogen (secondary N) is 1. The molecular formula is C12H16N2O3. The van der Waals surface area contributed by atoms with Gasteiger partial charge >= 0.3 is 0 Å². The lowest BCUT2D eigenvalue weighted by molar-refractivity contribution is -0.385. The normalized spacial score (nSPS) is 12.8. The van der Waals surface area contributed by atoms with Gasteiger partial charge in [0.1, 0.15) is 0 Å². The van der Waals surface area contributed by atoms with Gasteiger partial charge in [-0.3, -0.25) is 10.1 Å². The molecule has 0 bridgehead atoms. The number of nitro benzene ring substituents is 1. The second-order valence-corrected chi connectivity index (χ2v) is 3.73. The topological polar surface area (TPSA) is 75.4 Å². The van der Waals surface area contributed by atoms with Crippen LogP contribution in [0.25, 0.3) is 6.08 Å². The minimum absolute atomic E-state index is 0.0966. The first-order chi connectivity index (χ1) is 8.11. The fourth-order valence-electron chi connectivity index (χ4n) is 1.36. The Morgan fingerprint density at radius 3 is 2.88 bits per heavy atom. The van der Waals surface area contributed by atoms with E-state index in [2.05, 4.69) is 5.32 Å².